The van der Waals surface area contributed by atoms with E-state index in [1.165, 1.54) is 11.3 Å². The lowest BCUT2D eigenvalue weighted by atomic mass is 9.63. The summed E-state index contributed by atoms with van der Waals surface area (Å²) in [6, 6.07) is 7.27. The van der Waals surface area contributed by atoms with Gasteiger partial charge in [0.25, 0.3) is 0 Å². The van der Waals surface area contributed by atoms with Crippen molar-refractivity contribution < 1.29 is 9.59 Å². The van der Waals surface area contributed by atoms with E-state index in [9.17, 15) is 9.59 Å². The number of nitrogens with one attached hydrogen (secondary N) is 1. The van der Waals surface area contributed by atoms with Crippen LogP contribution < -0.4 is 5.32 Å². The van der Waals surface area contributed by atoms with Gasteiger partial charge in [0.05, 0.1) is 18.5 Å². The zero-order valence-electron chi connectivity index (χ0n) is 12.5. The number of rotatable bonds is 3. The summed E-state index contributed by atoms with van der Waals surface area (Å²) in [6.45, 7) is 0.237. The number of allylic oxidation sites excluding steroid dienone is 2. The zero-order valence-corrected chi connectivity index (χ0v) is 13.2. The van der Waals surface area contributed by atoms with Gasteiger partial charge in [0.15, 0.2) is 0 Å². The van der Waals surface area contributed by atoms with E-state index in [1.807, 2.05) is 12.1 Å². The molecule has 6 atom stereocenters. The van der Waals surface area contributed by atoms with Gasteiger partial charge in [0.2, 0.25) is 11.8 Å². The van der Waals surface area contributed by atoms with Crippen molar-refractivity contribution in [1.29, 1.82) is 0 Å². The highest BCUT2D eigenvalue weighted by Gasteiger charge is 2.66. The molecule has 1 heterocycles. The van der Waals surface area contributed by atoms with Crippen molar-refractivity contribution in [3.8, 4) is 0 Å². The molecule has 5 heteroatoms. The molecule has 0 aromatic heterocycles. The summed E-state index contributed by atoms with van der Waals surface area (Å²) >= 11 is 5.87. The highest BCUT2D eigenvalue weighted by atomic mass is 35.5. The second-order valence-corrected chi connectivity index (χ2v) is 7.54. The minimum absolute atomic E-state index is 0.00571. The number of carbonyl (C=O) groups is 2. The number of hydrogen-bond acceptors (Lipinski definition) is 3. The third kappa shape index (κ3) is 1.84. The lowest BCUT2D eigenvalue weighted by Gasteiger charge is -2.37. The maximum atomic E-state index is 12.8. The monoisotopic (exact) mass is 328 g/mol. The molecule has 0 spiro atoms. The van der Waals surface area contributed by atoms with Crippen LogP contribution in [0, 0.1) is 35.5 Å². The molecule has 1 aromatic carbocycles. The van der Waals surface area contributed by atoms with Gasteiger partial charge in [0, 0.05) is 10.7 Å². The van der Waals surface area contributed by atoms with Crippen LogP contribution in [0.1, 0.15) is 6.42 Å². The number of hydrogen-bond donors (Lipinski definition) is 1. The normalized spacial score (nSPS) is 39.4. The molecule has 0 unspecified atom stereocenters. The molecule has 2 saturated carbocycles. The second kappa shape index (κ2) is 4.60. The Hall–Kier alpha value is -1.81. The van der Waals surface area contributed by atoms with Gasteiger partial charge in [-0.15, -0.1) is 0 Å². The fourth-order valence-electron chi connectivity index (χ4n) is 4.91. The Labute approximate surface area is 139 Å². The Balaban J connectivity index is 1.36. The summed E-state index contributed by atoms with van der Waals surface area (Å²) < 4.78 is 0. The number of amides is 2. The smallest absolute Gasteiger partial charge is 0.235 e. The topological polar surface area (TPSA) is 49.4 Å². The van der Waals surface area contributed by atoms with E-state index in [0.717, 1.165) is 5.69 Å². The van der Waals surface area contributed by atoms with Crippen molar-refractivity contribution in [2.24, 2.45) is 35.5 Å². The first-order chi connectivity index (χ1) is 11.1. The fraction of sp³-hybridized carbons (Fsp3) is 0.444. The van der Waals surface area contributed by atoms with Crippen LogP contribution in [0.2, 0.25) is 5.02 Å². The van der Waals surface area contributed by atoms with Crippen molar-refractivity contribution in [2.45, 2.75) is 6.42 Å². The molecule has 4 nitrogen and oxygen atoms in total. The molecule has 1 aromatic rings. The number of benzene rings is 1. The lowest BCUT2D eigenvalue weighted by molar-refractivity contribution is -0.139. The standard InChI is InChI=1S/C18H17ClN2O2/c19-9-1-3-10(4-2-9)20-8-21-17(22)15-11-5-6-12(14-7-13(11)14)16(15)18(21)23/h1-6,11-16,20H,7-8H2/t11-,12-,13-,14+,15+,16-/m1/s1. The van der Waals surface area contributed by atoms with Crippen molar-refractivity contribution in [1.82, 2.24) is 4.90 Å². The average molecular weight is 329 g/mol. The van der Waals surface area contributed by atoms with Gasteiger partial charge in [-0.05, 0) is 54.4 Å². The molecule has 0 radical (unpaired) electrons. The zero-order chi connectivity index (χ0) is 15.7. The largest absolute Gasteiger partial charge is 0.367 e. The molecule has 23 heavy (non-hydrogen) atoms. The van der Waals surface area contributed by atoms with E-state index < -0.39 is 0 Å². The summed E-state index contributed by atoms with van der Waals surface area (Å²) in [6.07, 6.45) is 5.58. The number of nitrogens with zero attached hydrogens (tertiary/aromatic N) is 1. The van der Waals surface area contributed by atoms with Crippen molar-refractivity contribution in [3.05, 3.63) is 41.4 Å². The predicted molar refractivity (Wildman–Crippen MR) is 86.5 cm³/mol. The average Bonchev–Trinajstić information content (AvgIpc) is 3.33. The third-order valence-corrected chi connectivity index (χ3v) is 6.29. The van der Waals surface area contributed by atoms with Crippen LogP contribution in [-0.2, 0) is 9.59 Å². The first-order valence-corrected chi connectivity index (χ1v) is 8.56. The second-order valence-electron chi connectivity index (χ2n) is 7.10. The Bertz CT molecular complexity index is 693. The Morgan fingerprint density at radius 1 is 1.00 bits per heavy atom. The van der Waals surface area contributed by atoms with E-state index in [1.54, 1.807) is 12.1 Å². The molecule has 4 aliphatic carbocycles. The molecular weight excluding hydrogens is 312 g/mol. The number of anilines is 1. The maximum Gasteiger partial charge on any atom is 0.235 e. The van der Waals surface area contributed by atoms with E-state index in [-0.39, 0.29) is 42.2 Å². The quantitative estimate of drug-likeness (QED) is 0.685. The van der Waals surface area contributed by atoms with Gasteiger partial charge in [-0.3, -0.25) is 14.5 Å². The van der Waals surface area contributed by atoms with E-state index in [0.29, 0.717) is 16.9 Å². The van der Waals surface area contributed by atoms with Crippen LogP contribution in [0.25, 0.3) is 0 Å². The first kappa shape index (κ1) is 13.6. The number of likely N-dealkylation sites (tertiary alicyclic amines) is 1. The van der Waals surface area contributed by atoms with E-state index in [4.69, 9.17) is 11.6 Å². The minimum atomic E-state index is -0.117. The van der Waals surface area contributed by atoms with Gasteiger partial charge >= 0.3 is 0 Å². The Morgan fingerprint density at radius 3 is 2.13 bits per heavy atom. The van der Waals surface area contributed by atoms with Crippen LogP contribution in [-0.4, -0.2) is 23.4 Å². The number of halogens is 1. The molecular formula is C18H17ClN2O2. The van der Waals surface area contributed by atoms with Gasteiger partial charge in [-0.2, -0.15) is 0 Å². The molecule has 6 rings (SSSR count). The fourth-order valence-corrected chi connectivity index (χ4v) is 5.04. The number of imide groups is 1. The van der Waals surface area contributed by atoms with Crippen LogP contribution in [0.3, 0.4) is 0 Å². The predicted octanol–water partition coefficient (Wildman–Crippen LogP) is 2.76. The van der Waals surface area contributed by atoms with Crippen LogP contribution >= 0.6 is 11.6 Å². The highest BCUT2D eigenvalue weighted by molar-refractivity contribution is 6.30. The van der Waals surface area contributed by atoms with Crippen LogP contribution in [0.4, 0.5) is 5.69 Å². The summed E-state index contributed by atoms with van der Waals surface area (Å²) in [4.78, 5) is 27.0. The summed E-state index contributed by atoms with van der Waals surface area (Å²) in [5.74, 6) is 1.64. The van der Waals surface area contributed by atoms with Crippen LogP contribution in [0.15, 0.2) is 36.4 Å². The molecule has 5 aliphatic rings. The SMILES string of the molecule is O=C1[C@@H]2[C@@H]3C=C[C@H]([C@H]4C[C@@H]34)[C@@H]2C(=O)N1CNc1ccc(Cl)cc1. The van der Waals surface area contributed by atoms with Gasteiger partial charge in [0.1, 0.15) is 0 Å². The third-order valence-electron chi connectivity index (χ3n) is 6.04. The molecule has 1 aliphatic heterocycles. The summed E-state index contributed by atoms with van der Waals surface area (Å²) in [5.41, 5.74) is 0.855. The number of carbonyl (C=O) groups excluding carboxylic acids is 2. The van der Waals surface area contributed by atoms with E-state index >= 15 is 0 Å². The molecule has 1 N–H and O–H groups in total. The van der Waals surface area contributed by atoms with Gasteiger partial charge in [-0.25, -0.2) is 0 Å². The highest BCUT2D eigenvalue weighted by Crippen LogP contribution is 2.65. The molecule has 3 fully saturated rings. The first-order valence-electron chi connectivity index (χ1n) is 8.18. The van der Waals surface area contributed by atoms with Gasteiger partial charge < -0.3 is 5.32 Å². The minimum Gasteiger partial charge on any atom is -0.367 e. The van der Waals surface area contributed by atoms with E-state index in [2.05, 4.69) is 17.5 Å². The Morgan fingerprint density at radius 2 is 1.57 bits per heavy atom. The van der Waals surface area contributed by atoms with Crippen LogP contribution in [0.5, 0.6) is 0 Å². The summed E-state index contributed by atoms with van der Waals surface area (Å²) in [7, 11) is 0. The van der Waals surface area contributed by atoms with Gasteiger partial charge in [-0.1, -0.05) is 23.8 Å². The van der Waals surface area contributed by atoms with Crippen molar-refractivity contribution in [2.75, 3.05) is 12.0 Å². The summed E-state index contributed by atoms with van der Waals surface area (Å²) in [5, 5.41) is 3.83. The lowest BCUT2D eigenvalue weighted by Crippen LogP contribution is -2.40. The molecule has 118 valence electrons. The van der Waals surface area contributed by atoms with Crippen molar-refractivity contribution >= 4 is 29.1 Å². The molecule has 1 saturated heterocycles. The Kier molecular flexibility index (Phi) is 2.72. The molecule has 2 bridgehead atoms. The molecule has 2 amide bonds. The van der Waals surface area contributed by atoms with Crippen molar-refractivity contribution in [3.63, 3.8) is 0 Å². The maximum absolute atomic E-state index is 12.8.